The lowest BCUT2D eigenvalue weighted by atomic mass is 10.2. The Bertz CT molecular complexity index is 635. The van der Waals surface area contributed by atoms with E-state index in [0.717, 1.165) is 12.1 Å². The van der Waals surface area contributed by atoms with Gasteiger partial charge in [0.15, 0.2) is 0 Å². The van der Waals surface area contributed by atoms with Crippen molar-refractivity contribution in [1.29, 1.82) is 0 Å². The van der Waals surface area contributed by atoms with Gasteiger partial charge in [-0.1, -0.05) is 16.8 Å². The number of ether oxygens (including phenoxy) is 1. The first-order valence-electron chi connectivity index (χ1n) is 7.74. The van der Waals surface area contributed by atoms with Gasteiger partial charge in [-0.05, 0) is 24.3 Å². The topological polar surface area (TPSA) is 89.3 Å². The number of benzene rings is 1. The fraction of sp³-hybridized carbons (Fsp3) is 0.438. The summed E-state index contributed by atoms with van der Waals surface area (Å²) in [4.78, 5) is 16.0. The molecule has 138 valence electrons. The van der Waals surface area contributed by atoms with Crippen LogP contribution in [-0.4, -0.2) is 49.4 Å². The SMILES string of the molecule is COCCNCCNC(=O)CCc1nc(-c2ccc(Cl)cc2)no1.Cl. The van der Waals surface area contributed by atoms with Crippen LogP contribution in [0.2, 0.25) is 5.02 Å². The van der Waals surface area contributed by atoms with E-state index in [1.807, 2.05) is 12.1 Å². The summed E-state index contributed by atoms with van der Waals surface area (Å²) in [7, 11) is 1.65. The molecular weight excluding hydrogens is 367 g/mol. The number of hydrogen-bond donors (Lipinski definition) is 2. The number of carbonyl (C=O) groups is 1. The number of amides is 1. The van der Waals surface area contributed by atoms with E-state index in [4.69, 9.17) is 20.9 Å². The molecule has 1 aromatic heterocycles. The van der Waals surface area contributed by atoms with Gasteiger partial charge in [0.05, 0.1) is 6.61 Å². The number of halogens is 2. The summed E-state index contributed by atoms with van der Waals surface area (Å²) < 4.78 is 10.1. The molecule has 0 unspecified atom stereocenters. The zero-order chi connectivity index (χ0) is 17.2. The molecule has 0 spiro atoms. The van der Waals surface area contributed by atoms with Crippen LogP contribution >= 0.6 is 24.0 Å². The van der Waals surface area contributed by atoms with Gasteiger partial charge in [0.25, 0.3) is 0 Å². The molecule has 0 saturated carbocycles. The normalized spacial score (nSPS) is 10.3. The molecule has 2 aromatic rings. The number of nitrogens with zero attached hydrogens (tertiary/aromatic N) is 2. The van der Waals surface area contributed by atoms with E-state index in [9.17, 15) is 4.79 Å². The maximum atomic E-state index is 11.8. The van der Waals surface area contributed by atoms with Crippen molar-refractivity contribution in [2.24, 2.45) is 0 Å². The predicted octanol–water partition coefficient (Wildman–Crippen LogP) is 2.10. The lowest BCUT2D eigenvalue weighted by Crippen LogP contribution is -2.33. The van der Waals surface area contributed by atoms with E-state index in [2.05, 4.69) is 20.8 Å². The van der Waals surface area contributed by atoms with Crippen LogP contribution in [-0.2, 0) is 16.0 Å². The van der Waals surface area contributed by atoms with Crippen LogP contribution in [0.4, 0.5) is 0 Å². The van der Waals surface area contributed by atoms with E-state index in [1.54, 1.807) is 19.2 Å². The minimum Gasteiger partial charge on any atom is -0.383 e. The third kappa shape index (κ3) is 7.83. The van der Waals surface area contributed by atoms with Gasteiger partial charge >= 0.3 is 0 Å². The average Bonchev–Trinajstić information content (AvgIpc) is 3.06. The third-order valence-electron chi connectivity index (χ3n) is 3.24. The fourth-order valence-electron chi connectivity index (χ4n) is 1.97. The predicted molar refractivity (Wildman–Crippen MR) is 98.1 cm³/mol. The summed E-state index contributed by atoms with van der Waals surface area (Å²) in [6.07, 6.45) is 0.712. The minimum atomic E-state index is -0.0465. The van der Waals surface area contributed by atoms with Gasteiger partial charge in [-0.25, -0.2) is 0 Å². The molecule has 7 nitrogen and oxygen atoms in total. The standard InChI is InChI=1S/C16H21ClN4O3.ClH/c1-23-11-10-18-8-9-19-14(22)6-7-15-20-16(21-24-15)12-2-4-13(17)5-3-12;/h2-5,18H,6-11H2,1H3,(H,19,22);1H. The summed E-state index contributed by atoms with van der Waals surface area (Å²) in [5.41, 5.74) is 0.820. The van der Waals surface area contributed by atoms with E-state index >= 15 is 0 Å². The van der Waals surface area contributed by atoms with Crippen molar-refractivity contribution in [2.45, 2.75) is 12.8 Å². The Hall–Kier alpha value is -1.67. The molecule has 1 amide bonds. The molecule has 2 rings (SSSR count). The second kappa shape index (κ2) is 11.8. The molecule has 0 bridgehead atoms. The van der Waals surface area contributed by atoms with Crippen molar-refractivity contribution in [1.82, 2.24) is 20.8 Å². The molecule has 0 fully saturated rings. The molecule has 25 heavy (non-hydrogen) atoms. The molecular formula is C16H22Cl2N4O3. The van der Waals surface area contributed by atoms with Crippen LogP contribution in [0.1, 0.15) is 12.3 Å². The van der Waals surface area contributed by atoms with Gasteiger partial charge in [-0.2, -0.15) is 4.98 Å². The maximum absolute atomic E-state index is 11.8. The highest BCUT2D eigenvalue weighted by atomic mass is 35.5. The van der Waals surface area contributed by atoms with Crippen molar-refractivity contribution in [3.63, 3.8) is 0 Å². The first-order valence-corrected chi connectivity index (χ1v) is 8.11. The molecule has 1 aromatic carbocycles. The van der Waals surface area contributed by atoms with Gasteiger partial charge in [0.1, 0.15) is 0 Å². The first kappa shape index (κ1) is 21.4. The lowest BCUT2D eigenvalue weighted by Gasteiger charge is -2.05. The Labute approximate surface area is 157 Å². The Morgan fingerprint density at radius 2 is 2.00 bits per heavy atom. The van der Waals surface area contributed by atoms with Crippen LogP contribution < -0.4 is 10.6 Å². The molecule has 0 aliphatic heterocycles. The number of hydrogen-bond acceptors (Lipinski definition) is 6. The second-order valence-corrected chi connectivity index (χ2v) is 5.55. The molecule has 0 saturated heterocycles. The minimum absolute atomic E-state index is 0. The lowest BCUT2D eigenvalue weighted by molar-refractivity contribution is -0.121. The molecule has 0 atom stereocenters. The van der Waals surface area contributed by atoms with Gasteiger partial charge in [0.2, 0.25) is 17.6 Å². The Morgan fingerprint density at radius 1 is 1.24 bits per heavy atom. The fourth-order valence-corrected chi connectivity index (χ4v) is 2.10. The van der Waals surface area contributed by atoms with Gasteiger partial charge in [-0.15, -0.1) is 12.4 Å². The van der Waals surface area contributed by atoms with Gasteiger partial charge in [0, 0.05) is 50.2 Å². The monoisotopic (exact) mass is 388 g/mol. The maximum Gasteiger partial charge on any atom is 0.227 e. The summed E-state index contributed by atoms with van der Waals surface area (Å²) in [5.74, 6) is 0.882. The quantitative estimate of drug-likeness (QED) is 0.605. The Balaban J connectivity index is 0.00000312. The molecule has 1 heterocycles. The smallest absolute Gasteiger partial charge is 0.227 e. The third-order valence-corrected chi connectivity index (χ3v) is 3.50. The van der Waals surface area contributed by atoms with Gasteiger partial charge < -0.3 is 19.9 Å². The summed E-state index contributed by atoms with van der Waals surface area (Å²) in [6.45, 7) is 2.70. The largest absolute Gasteiger partial charge is 0.383 e. The number of methoxy groups -OCH3 is 1. The van der Waals surface area contributed by atoms with Crippen molar-refractivity contribution >= 4 is 29.9 Å². The van der Waals surface area contributed by atoms with Crippen molar-refractivity contribution in [3.8, 4) is 11.4 Å². The van der Waals surface area contributed by atoms with Crippen LogP contribution in [0.25, 0.3) is 11.4 Å². The van der Waals surface area contributed by atoms with Gasteiger partial charge in [-0.3, -0.25) is 4.79 Å². The highest BCUT2D eigenvalue weighted by Crippen LogP contribution is 2.18. The van der Waals surface area contributed by atoms with E-state index in [1.165, 1.54) is 0 Å². The van der Waals surface area contributed by atoms with E-state index in [-0.39, 0.29) is 18.3 Å². The van der Waals surface area contributed by atoms with E-state index < -0.39 is 0 Å². The molecule has 0 aliphatic rings. The van der Waals surface area contributed by atoms with Crippen LogP contribution in [0.5, 0.6) is 0 Å². The highest BCUT2D eigenvalue weighted by Gasteiger charge is 2.10. The number of aryl methyl sites for hydroxylation is 1. The van der Waals surface area contributed by atoms with Crippen LogP contribution in [0, 0.1) is 0 Å². The Kier molecular flexibility index (Phi) is 10.1. The number of aromatic nitrogens is 2. The van der Waals surface area contributed by atoms with Crippen molar-refractivity contribution < 1.29 is 14.1 Å². The summed E-state index contributed by atoms with van der Waals surface area (Å²) in [6, 6.07) is 7.17. The number of carbonyl (C=O) groups excluding carboxylic acids is 1. The molecule has 0 aliphatic carbocycles. The zero-order valence-electron chi connectivity index (χ0n) is 14.0. The second-order valence-electron chi connectivity index (χ2n) is 5.11. The average molecular weight is 389 g/mol. The number of rotatable bonds is 10. The van der Waals surface area contributed by atoms with E-state index in [0.29, 0.717) is 49.3 Å². The molecule has 9 heteroatoms. The number of nitrogens with one attached hydrogen (secondary N) is 2. The highest BCUT2D eigenvalue weighted by molar-refractivity contribution is 6.30. The van der Waals surface area contributed by atoms with Crippen LogP contribution in [0.3, 0.4) is 0 Å². The summed E-state index contributed by atoms with van der Waals surface area (Å²) in [5, 5.41) is 10.5. The van der Waals surface area contributed by atoms with Crippen LogP contribution in [0.15, 0.2) is 28.8 Å². The first-order chi connectivity index (χ1) is 11.7. The van der Waals surface area contributed by atoms with Crippen molar-refractivity contribution in [2.75, 3.05) is 33.4 Å². The Morgan fingerprint density at radius 3 is 2.72 bits per heavy atom. The molecule has 0 radical (unpaired) electrons. The summed E-state index contributed by atoms with van der Waals surface area (Å²) >= 11 is 5.85. The zero-order valence-corrected chi connectivity index (χ0v) is 15.5. The van der Waals surface area contributed by atoms with Crippen molar-refractivity contribution in [3.05, 3.63) is 35.2 Å². The molecule has 2 N–H and O–H groups in total.